The van der Waals surface area contributed by atoms with Gasteiger partial charge in [0.1, 0.15) is 0 Å². The Morgan fingerprint density at radius 1 is 1.47 bits per heavy atom. The quantitative estimate of drug-likeness (QED) is 0.789. The first-order chi connectivity index (χ1) is 7.16. The van der Waals surface area contributed by atoms with Gasteiger partial charge in [0, 0.05) is 10.0 Å². The Bertz CT molecular complexity index is 470. The van der Waals surface area contributed by atoms with Gasteiger partial charge in [0.25, 0.3) is 5.89 Å². The third-order valence-corrected chi connectivity index (χ3v) is 2.56. The molecule has 0 amide bonds. The van der Waals surface area contributed by atoms with Crippen LogP contribution in [0.15, 0.2) is 33.3 Å². The number of hydrogen-bond acceptors (Lipinski definition) is 3. The molecular weight excluding hydrogens is 279 g/mol. The molecule has 5 heteroatoms. The molecule has 2 aromatic rings. The van der Waals surface area contributed by atoms with E-state index < -0.39 is 0 Å². The molecule has 0 aliphatic heterocycles. The van der Waals surface area contributed by atoms with Crippen LogP contribution in [-0.2, 0) is 0 Å². The predicted octanol–water partition coefficient (Wildman–Crippen LogP) is 3.80. The molecule has 1 aromatic heterocycles. The molecule has 0 fully saturated rings. The number of benzene rings is 1. The van der Waals surface area contributed by atoms with Crippen molar-refractivity contribution in [2.24, 2.45) is 0 Å². The van der Waals surface area contributed by atoms with Gasteiger partial charge in [-0.1, -0.05) is 27.2 Å². The molecule has 2 rings (SSSR count). The van der Waals surface area contributed by atoms with Crippen molar-refractivity contribution < 1.29 is 4.52 Å². The van der Waals surface area contributed by atoms with Crippen LogP contribution in [0.1, 0.15) is 18.1 Å². The van der Waals surface area contributed by atoms with E-state index in [2.05, 4.69) is 26.1 Å². The molecule has 1 aromatic carbocycles. The first-order valence-electron chi connectivity index (χ1n) is 4.40. The highest BCUT2D eigenvalue weighted by Crippen LogP contribution is 2.24. The molecule has 78 valence electrons. The van der Waals surface area contributed by atoms with E-state index in [-0.39, 0.29) is 5.38 Å². The molecule has 0 saturated heterocycles. The van der Waals surface area contributed by atoms with Crippen LogP contribution in [0.2, 0.25) is 0 Å². The van der Waals surface area contributed by atoms with Gasteiger partial charge in [0.05, 0.1) is 5.38 Å². The van der Waals surface area contributed by atoms with E-state index in [4.69, 9.17) is 16.1 Å². The topological polar surface area (TPSA) is 38.9 Å². The summed E-state index contributed by atoms with van der Waals surface area (Å²) in [5.41, 5.74) is 0.875. The fraction of sp³-hybridized carbons (Fsp3) is 0.200. The number of rotatable bonds is 2. The molecule has 1 heterocycles. The van der Waals surface area contributed by atoms with Crippen molar-refractivity contribution in [1.82, 2.24) is 10.1 Å². The zero-order valence-corrected chi connectivity index (χ0v) is 10.3. The summed E-state index contributed by atoms with van der Waals surface area (Å²) in [6, 6.07) is 7.66. The van der Waals surface area contributed by atoms with Crippen molar-refractivity contribution in [3.05, 3.63) is 34.6 Å². The van der Waals surface area contributed by atoms with Crippen molar-refractivity contribution in [3.8, 4) is 11.5 Å². The maximum atomic E-state index is 5.84. The largest absolute Gasteiger partial charge is 0.334 e. The minimum atomic E-state index is -0.241. The molecule has 0 radical (unpaired) electrons. The molecule has 0 spiro atoms. The monoisotopic (exact) mass is 286 g/mol. The maximum absolute atomic E-state index is 5.84. The van der Waals surface area contributed by atoms with Gasteiger partial charge in [-0.25, -0.2) is 0 Å². The lowest BCUT2D eigenvalue weighted by Crippen LogP contribution is -1.86. The number of halogens is 2. The van der Waals surface area contributed by atoms with Crippen LogP contribution in [0.3, 0.4) is 0 Å². The summed E-state index contributed by atoms with van der Waals surface area (Å²) in [5, 5.41) is 3.55. The molecule has 3 nitrogen and oxygen atoms in total. The second kappa shape index (κ2) is 4.33. The zero-order valence-electron chi connectivity index (χ0n) is 7.95. The summed E-state index contributed by atoms with van der Waals surface area (Å²) in [5.74, 6) is 0.991. The zero-order chi connectivity index (χ0) is 10.8. The highest BCUT2D eigenvalue weighted by atomic mass is 79.9. The first-order valence-corrected chi connectivity index (χ1v) is 5.63. The van der Waals surface area contributed by atoms with Crippen LogP contribution >= 0.6 is 27.5 Å². The molecule has 15 heavy (non-hydrogen) atoms. The minimum absolute atomic E-state index is 0.241. The third-order valence-electron chi connectivity index (χ3n) is 1.87. The van der Waals surface area contributed by atoms with E-state index in [1.54, 1.807) is 6.92 Å². The van der Waals surface area contributed by atoms with Gasteiger partial charge in [-0.15, -0.1) is 11.6 Å². The number of hydrogen-bond donors (Lipinski definition) is 0. The number of alkyl halides is 1. The van der Waals surface area contributed by atoms with Crippen LogP contribution < -0.4 is 0 Å². The Morgan fingerprint density at radius 2 is 2.27 bits per heavy atom. The predicted molar refractivity (Wildman–Crippen MR) is 61.7 cm³/mol. The first kappa shape index (κ1) is 10.6. The Hall–Kier alpha value is -0.870. The summed E-state index contributed by atoms with van der Waals surface area (Å²) in [6.45, 7) is 1.80. The Labute approximate surface area is 101 Å². The average Bonchev–Trinajstić information content (AvgIpc) is 2.66. The smallest absolute Gasteiger partial charge is 0.258 e. The molecule has 1 atom stereocenters. The molecule has 0 saturated carbocycles. The molecule has 0 aliphatic carbocycles. The molecule has 1 unspecified atom stereocenters. The Morgan fingerprint density at radius 3 is 2.87 bits per heavy atom. The minimum Gasteiger partial charge on any atom is -0.334 e. The summed E-state index contributed by atoms with van der Waals surface area (Å²) >= 11 is 9.22. The van der Waals surface area contributed by atoms with E-state index in [0.29, 0.717) is 11.7 Å². The summed E-state index contributed by atoms with van der Waals surface area (Å²) in [4.78, 5) is 4.19. The molecule has 0 aliphatic rings. The highest BCUT2D eigenvalue weighted by Gasteiger charge is 2.12. The third kappa shape index (κ3) is 2.38. The van der Waals surface area contributed by atoms with Crippen LogP contribution in [-0.4, -0.2) is 10.1 Å². The van der Waals surface area contributed by atoms with Gasteiger partial charge >= 0.3 is 0 Å². The lowest BCUT2D eigenvalue weighted by atomic mass is 10.2. The molecular formula is C10H8BrClN2O. The fourth-order valence-corrected chi connectivity index (χ4v) is 1.62. The van der Waals surface area contributed by atoms with Crippen molar-refractivity contribution in [2.45, 2.75) is 12.3 Å². The average molecular weight is 288 g/mol. The van der Waals surface area contributed by atoms with E-state index in [1.165, 1.54) is 0 Å². The second-order valence-corrected chi connectivity index (χ2v) is 4.65. The summed E-state index contributed by atoms with van der Waals surface area (Å²) in [7, 11) is 0. The van der Waals surface area contributed by atoms with Gasteiger partial charge in [-0.2, -0.15) is 4.98 Å². The lowest BCUT2D eigenvalue weighted by molar-refractivity contribution is 0.422. The van der Waals surface area contributed by atoms with E-state index in [0.717, 1.165) is 10.0 Å². The lowest BCUT2D eigenvalue weighted by Gasteiger charge is -1.94. The standard InChI is InChI=1S/C10H8BrClN2O/c1-6(12)9-13-10(15-14-9)7-3-2-4-8(11)5-7/h2-6H,1H3. The van der Waals surface area contributed by atoms with Crippen LogP contribution in [0.5, 0.6) is 0 Å². The van der Waals surface area contributed by atoms with Gasteiger partial charge in [-0.3, -0.25) is 0 Å². The second-order valence-electron chi connectivity index (χ2n) is 3.08. The van der Waals surface area contributed by atoms with Crippen molar-refractivity contribution in [1.29, 1.82) is 0 Å². The normalized spacial score (nSPS) is 12.7. The van der Waals surface area contributed by atoms with Crippen molar-refractivity contribution >= 4 is 27.5 Å². The number of aromatic nitrogens is 2. The van der Waals surface area contributed by atoms with Gasteiger partial charge in [-0.05, 0) is 25.1 Å². The van der Waals surface area contributed by atoms with E-state index in [1.807, 2.05) is 24.3 Å². The SMILES string of the molecule is CC(Cl)c1noc(-c2cccc(Br)c2)n1. The van der Waals surface area contributed by atoms with Crippen molar-refractivity contribution in [3.63, 3.8) is 0 Å². The van der Waals surface area contributed by atoms with Gasteiger partial charge in [0.15, 0.2) is 5.82 Å². The van der Waals surface area contributed by atoms with E-state index in [9.17, 15) is 0 Å². The highest BCUT2D eigenvalue weighted by molar-refractivity contribution is 9.10. The van der Waals surface area contributed by atoms with Crippen LogP contribution in [0.25, 0.3) is 11.5 Å². The summed E-state index contributed by atoms with van der Waals surface area (Å²) in [6.07, 6.45) is 0. The molecule has 0 N–H and O–H groups in total. The summed E-state index contributed by atoms with van der Waals surface area (Å²) < 4.78 is 6.07. The number of nitrogens with zero attached hydrogens (tertiary/aromatic N) is 2. The van der Waals surface area contributed by atoms with Crippen LogP contribution in [0.4, 0.5) is 0 Å². The van der Waals surface area contributed by atoms with Crippen LogP contribution in [0, 0.1) is 0 Å². The Kier molecular flexibility index (Phi) is 3.07. The van der Waals surface area contributed by atoms with E-state index >= 15 is 0 Å². The Balaban J connectivity index is 2.37. The van der Waals surface area contributed by atoms with Gasteiger partial charge < -0.3 is 4.52 Å². The molecule has 0 bridgehead atoms. The fourth-order valence-electron chi connectivity index (χ4n) is 1.14. The van der Waals surface area contributed by atoms with Gasteiger partial charge in [0.2, 0.25) is 0 Å². The maximum Gasteiger partial charge on any atom is 0.258 e. The van der Waals surface area contributed by atoms with Crippen molar-refractivity contribution in [2.75, 3.05) is 0 Å².